The number of hydrogen-bond donors (Lipinski definition) is 6. The van der Waals surface area contributed by atoms with Gasteiger partial charge >= 0.3 is 5.97 Å². The smallest absolute Gasteiger partial charge is 0.339 e. The zero-order valence-electron chi connectivity index (χ0n) is 21.2. The molecule has 9 nitrogen and oxygen atoms in total. The Kier molecular flexibility index (Phi) is 9.98. The quantitative estimate of drug-likeness (QED) is 0.189. The van der Waals surface area contributed by atoms with E-state index in [0.29, 0.717) is 38.0 Å². The lowest BCUT2D eigenvalue weighted by molar-refractivity contribution is -0.120. The summed E-state index contributed by atoms with van der Waals surface area (Å²) in [5.74, 6) is -2.09. The number of nitrogens with two attached hydrogens (primary N) is 1. The predicted octanol–water partition coefficient (Wildman–Crippen LogP) is 2.93. The van der Waals surface area contributed by atoms with E-state index >= 15 is 0 Å². The molecule has 0 fully saturated rings. The second kappa shape index (κ2) is 13.4. The molecule has 0 aliphatic heterocycles. The predicted molar refractivity (Wildman–Crippen MR) is 144 cm³/mol. The van der Waals surface area contributed by atoms with Gasteiger partial charge in [0.05, 0.1) is 6.10 Å². The molecule has 0 bridgehead atoms. The lowest BCUT2D eigenvalue weighted by atomic mass is 9.95. The van der Waals surface area contributed by atoms with Crippen LogP contribution in [0, 0.1) is 6.92 Å². The highest BCUT2D eigenvalue weighted by Crippen LogP contribution is 2.27. The SMILES string of the molecule is Cc1cc(C(N)=O)ccc1-c1cccc(C(O)CCNCCC(=O)NCCc2ccc(C(=O)O)c(O)c2)c1. The number of phenols is 1. The summed E-state index contributed by atoms with van der Waals surface area (Å²) in [4.78, 5) is 34.4. The van der Waals surface area contributed by atoms with Gasteiger partial charge in [0.25, 0.3) is 0 Å². The molecule has 0 saturated carbocycles. The van der Waals surface area contributed by atoms with Gasteiger partial charge < -0.3 is 31.7 Å². The molecular weight excluding hydrogens is 486 g/mol. The lowest BCUT2D eigenvalue weighted by Crippen LogP contribution is -2.29. The van der Waals surface area contributed by atoms with Crippen molar-refractivity contribution in [3.63, 3.8) is 0 Å². The van der Waals surface area contributed by atoms with E-state index in [0.717, 1.165) is 27.8 Å². The number of carbonyl (C=O) groups excluding carboxylic acids is 2. The second-order valence-corrected chi connectivity index (χ2v) is 9.08. The van der Waals surface area contributed by atoms with E-state index < -0.39 is 18.0 Å². The number of hydrogen-bond acceptors (Lipinski definition) is 6. The highest BCUT2D eigenvalue weighted by atomic mass is 16.4. The Balaban J connectivity index is 1.38. The van der Waals surface area contributed by atoms with Crippen molar-refractivity contribution in [3.05, 3.63) is 88.5 Å². The number of aryl methyl sites for hydroxylation is 1. The summed E-state index contributed by atoms with van der Waals surface area (Å²) in [6.45, 7) is 3.26. The third kappa shape index (κ3) is 7.89. The number of amides is 2. The van der Waals surface area contributed by atoms with Crippen LogP contribution < -0.4 is 16.4 Å². The minimum atomic E-state index is -1.19. The van der Waals surface area contributed by atoms with Gasteiger partial charge in [0.15, 0.2) is 0 Å². The van der Waals surface area contributed by atoms with Crippen molar-refractivity contribution in [2.45, 2.75) is 32.3 Å². The van der Waals surface area contributed by atoms with E-state index in [-0.39, 0.29) is 23.6 Å². The number of carboxylic acids is 1. The molecule has 0 spiro atoms. The van der Waals surface area contributed by atoms with Crippen molar-refractivity contribution in [1.82, 2.24) is 10.6 Å². The van der Waals surface area contributed by atoms with E-state index in [1.165, 1.54) is 12.1 Å². The fourth-order valence-electron chi connectivity index (χ4n) is 4.13. The molecule has 1 unspecified atom stereocenters. The minimum absolute atomic E-state index is 0.130. The molecule has 7 N–H and O–H groups in total. The summed E-state index contributed by atoms with van der Waals surface area (Å²) in [6, 6.07) is 17.3. The van der Waals surface area contributed by atoms with Crippen LogP contribution in [0.25, 0.3) is 11.1 Å². The van der Waals surface area contributed by atoms with Gasteiger partial charge in [-0.05, 0) is 84.5 Å². The molecule has 9 heteroatoms. The third-order valence-corrected chi connectivity index (χ3v) is 6.25. The highest BCUT2D eigenvalue weighted by molar-refractivity contribution is 5.93. The van der Waals surface area contributed by atoms with Gasteiger partial charge in [-0.15, -0.1) is 0 Å². The average molecular weight is 520 g/mol. The van der Waals surface area contributed by atoms with Gasteiger partial charge in [0.2, 0.25) is 11.8 Å². The molecule has 2 amide bonds. The first-order valence-corrected chi connectivity index (χ1v) is 12.4. The molecule has 0 saturated heterocycles. The Hall–Kier alpha value is -4.21. The van der Waals surface area contributed by atoms with Crippen LogP contribution in [0.1, 0.15) is 56.4 Å². The number of aliphatic hydroxyl groups excluding tert-OH is 1. The summed E-state index contributed by atoms with van der Waals surface area (Å²) < 4.78 is 0. The molecule has 200 valence electrons. The van der Waals surface area contributed by atoms with Crippen molar-refractivity contribution in [2.24, 2.45) is 5.73 Å². The van der Waals surface area contributed by atoms with Gasteiger partial charge in [-0.1, -0.05) is 30.3 Å². The van der Waals surface area contributed by atoms with Crippen LogP contribution in [-0.2, 0) is 11.2 Å². The molecule has 0 heterocycles. The zero-order valence-corrected chi connectivity index (χ0v) is 21.2. The molecule has 0 aliphatic carbocycles. The standard InChI is InChI=1S/C29H33N3O6/c1-18-15-22(28(30)36)6-8-23(18)20-3-2-4-21(17-20)25(33)10-12-31-13-11-27(35)32-14-9-19-5-7-24(29(37)38)26(34)16-19/h2-8,15-17,25,31,33-34H,9-14H2,1H3,(H2,30,36)(H,32,35)(H,37,38). The van der Waals surface area contributed by atoms with Crippen LogP contribution >= 0.6 is 0 Å². The molecule has 3 aromatic rings. The highest BCUT2D eigenvalue weighted by Gasteiger charge is 2.12. The van der Waals surface area contributed by atoms with Gasteiger partial charge in [-0.25, -0.2) is 4.79 Å². The Morgan fingerprint density at radius 1 is 0.974 bits per heavy atom. The molecule has 3 rings (SSSR count). The zero-order chi connectivity index (χ0) is 27.7. The van der Waals surface area contributed by atoms with Crippen molar-refractivity contribution in [1.29, 1.82) is 0 Å². The van der Waals surface area contributed by atoms with Crippen LogP contribution in [0.4, 0.5) is 0 Å². The van der Waals surface area contributed by atoms with Crippen molar-refractivity contribution in [2.75, 3.05) is 19.6 Å². The monoisotopic (exact) mass is 519 g/mol. The number of carbonyl (C=O) groups is 3. The topological polar surface area (TPSA) is 162 Å². The van der Waals surface area contributed by atoms with Gasteiger partial charge in [0.1, 0.15) is 11.3 Å². The van der Waals surface area contributed by atoms with Crippen LogP contribution in [-0.4, -0.2) is 52.7 Å². The van der Waals surface area contributed by atoms with Gasteiger partial charge in [-0.2, -0.15) is 0 Å². The first-order chi connectivity index (χ1) is 18.2. The number of aromatic carboxylic acids is 1. The third-order valence-electron chi connectivity index (χ3n) is 6.25. The summed E-state index contributed by atoms with van der Waals surface area (Å²) in [6.07, 6.45) is 0.535. The normalized spacial score (nSPS) is 11.6. The van der Waals surface area contributed by atoms with Gasteiger partial charge in [-0.3, -0.25) is 9.59 Å². The van der Waals surface area contributed by atoms with Crippen LogP contribution in [0.15, 0.2) is 60.7 Å². The van der Waals surface area contributed by atoms with Gasteiger partial charge in [0, 0.05) is 25.1 Å². The summed E-state index contributed by atoms with van der Waals surface area (Å²) in [5.41, 5.74) is 9.97. The first kappa shape index (κ1) is 28.4. The second-order valence-electron chi connectivity index (χ2n) is 9.08. The van der Waals surface area contributed by atoms with Crippen molar-refractivity contribution < 1.29 is 29.7 Å². The minimum Gasteiger partial charge on any atom is -0.507 e. The van der Waals surface area contributed by atoms with E-state index in [4.69, 9.17) is 10.8 Å². The number of carboxylic acid groups (broad SMARTS) is 1. The maximum Gasteiger partial charge on any atom is 0.339 e. The lowest BCUT2D eigenvalue weighted by Gasteiger charge is -2.14. The molecule has 0 aromatic heterocycles. The van der Waals surface area contributed by atoms with Crippen LogP contribution in [0.5, 0.6) is 5.75 Å². The van der Waals surface area contributed by atoms with Crippen LogP contribution in [0.2, 0.25) is 0 Å². The number of aromatic hydroxyl groups is 1. The van der Waals surface area contributed by atoms with Crippen molar-refractivity contribution >= 4 is 17.8 Å². The van der Waals surface area contributed by atoms with Crippen LogP contribution in [0.3, 0.4) is 0 Å². The van der Waals surface area contributed by atoms with E-state index in [1.807, 2.05) is 37.3 Å². The molecule has 0 radical (unpaired) electrons. The number of primary amides is 1. The largest absolute Gasteiger partial charge is 0.507 e. The first-order valence-electron chi connectivity index (χ1n) is 12.4. The molecule has 1 atom stereocenters. The number of rotatable bonds is 13. The number of aliphatic hydroxyl groups is 1. The molecule has 3 aromatic carbocycles. The Morgan fingerprint density at radius 3 is 2.45 bits per heavy atom. The van der Waals surface area contributed by atoms with E-state index in [1.54, 1.807) is 18.2 Å². The Bertz CT molecular complexity index is 1310. The molecular formula is C29H33N3O6. The number of nitrogens with one attached hydrogen (secondary N) is 2. The molecule has 38 heavy (non-hydrogen) atoms. The Morgan fingerprint density at radius 2 is 1.76 bits per heavy atom. The fourth-order valence-corrected chi connectivity index (χ4v) is 4.13. The summed E-state index contributed by atoms with van der Waals surface area (Å²) in [5, 5.41) is 35.3. The number of benzene rings is 3. The fraction of sp³-hybridized carbons (Fsp3) is 0.276. The van der Waals surface area contributed by atoms with E-state index in [9.17, 15) is 24.6 Å². The van der Waals surface area contributed by atoms with E-state index in [2.05, 4.69) is 10.6 Å². The maximum absolute atomic E-state index is 12.1. The summed E-state index contributed by atoms with van der Waals surface area (Å²) in [7, 11) is 0. The maximum atomic E-state index is 12.1. The summed E-state index contributed by atoms with van der Waals surface area (Å²) >= 11 is 0. The molecule has 0 aliphatic rings. The average Bonchev–Trinajstić information content (AvgIpc) is 2.88. The van der Waals surface area contributed by atoms with Crippen molar-refractivity contribution in [3.8, 4) is 16.9 Å². The Labute approximate surface area is 221 Å².